The molecule has 2 aromatic rings. The third-order valence-electron chi connectivity index (χ3n) is 4.21. The molecular formula is C19H20N2O5. The number of hydrogen-bond acceptors (Lipinski definition) is 5. The molecule has 1 heterocycles. The van der Waals surface area contributed by atoms with E-state index in [0.29, 0.717) is 29.2 Å². The molecule has 1 N–H and O–H groups in total. The third-order valence-corrected chi connectivity index (χ3v) is 4.21. The van der Waals surface area contributed by atoms with Crippen molar-refractivity contribution in [2.24, 2.45) is 0 Å². The van der Waals surface area contributed by atoms with Gasteiger partial charge >= 0.3 is 0 Å². The predicted molar refractivity (Wildman–Crippen MR) is 96.7 cm³/mol. The van der Waals surface area contributed by atoms with Crippen molar-refractivity contribution in [3.63, 3.8) is 0 Å². The molecule has 1 aliphatic heterocycles. The minimum Gasteiger partial charge on any atom is -0.491 e. The van der Waals surface area contributed by atoms with Crippen LogP contribution in [0.15, 0.2) is 42.5 Å². The minimum absolute atomic E-state index is 0.00826. The molecule has 0 radical (unpaired) electrons. The number of anilines is 1. The molecule has 1 unspecified atom stereocenters. The zero-order valence-corrected chi connectivity index (χ0v) is 14.4. The SMILES string of the molecule is Cc1cc(C(=O)Nc2cccc(OCC3CCCO3)c2)ccc1[N+](=O)[O-]. The molecule has 136 valence electrons. The Labute approximate surface area is 151 Å². The molecule has 1 saturated heterocycles. The van der Waals surface area contributed by atoms with Crippen molar-refractivity contribution in [2.75, 3.05) is 18.5 Å². The molecule has 3 rings (SSSR count). The van der Waals surface area contributed by atoms with Crippen LogP contribution in [0.3, 0.4) is 0 Å². The lowest BCUT2D eigenvalue weighted by Crippen LogP contribution is -2.16. The average Bonchev–Trinajstić information content (AvgIpc) is 3.13. The summed E-state index contributed by atoms with van der Waals surface area (Å²) in [7, 11) is 0. The average molecular weight is 356 g/mol. The molecular weight excluding hydrogens is 336 g/mol. The van der Waals surface area contributed by atoms with Gasteiger partial charge in [0.25, 0.3) is 11.6 Å². The van der Waals surface area contributed by atoms with E-state index in [9.17, 15) is 14.9 Å². The number of rotatable bonds is 6. The predicted octanol–water partition coefficient (Wildman–Crippen LogP) is 3.71. The second-order valence-electron chi connectivity index (χ2n) is 6.19. The van der Waals surface area contributed by atoms with Gasteiger partial charge < -0.3 is 14.8 Å². The van der Waals surface area contributed by atoms with Crippen LogP contribution in [0.4, 0.5) is 11.4 Å². The van der Waals surface area contributed by atoms with Crippen molar-refractivity contribution in [1.29, 1.82) is 0 Å². The second kappa shape index (κ2) is 7.97. The first-order valence-electron chi connectivity index (χ1n) is 8.44. The Bertz CT molecular complexity index is 815. The molecule has 1 amide bonds. The van der Waals surface area contributed by atoms with Gasteiger partial charge in [0, 0.05) is 35.6 Å². The van der Waals surface area contributed by atoms with E-state index in [4.69, 9.17) is 9.47 Å². The summed E-state index contributed by atoms with van der Waals surface area (Å²) < 4.78 is 11.3. The van der Waals surface area contributed by atoms with Crippen molar-refractivity contribution in [1.82, 2.24) is 0 Å². The molecule has 1 aliphatic rings. The van der Waals surface area contributed by atoms with Gasteiger partial charge in [0.05, 0.1) is 11.0 Å². The monoisotopic (exact) mass is 356 g/mol. The third kappa shape index (κ3) is 4.37. The standard InChI is InChI=1S/C19H20N2O5/c1-13-10-14(7-8-18(13)21(23)24)19(22)20-15-4-2-5-16(11-15)26-12-17-6-3-9-25-17/h2,4-5,7-8,10-11,17H,3,6,9,12H2,1H3,(H,20,22). The van der Waals surface area contributed by atoms with Crippen LogP contribution in [0.2, 0.25) is 0 Å². The summed E-state index contributed by atoms with van der Waals surface area (Å²) in [4.78, 5) is 22.8. The summed E-state index contributed by atoms with van der Waals surface area (Å²) in [6.07, 6.45) is 2.17. The van der Waals surface area contributed by atoms with Gasteiger partial charge in [-0.3, -0.25) is 14.9 Å². The van der Waals surface area contributed by atoms with Gasteiger partial charge in [0.2, 0.25) is 0 Å². The van der Waals surface area contributed by atoms with E-state index < -0.39 is 4.92 Å². The van der Waals surface area contributed by atoms with Gasteiger partial charge in [0.1, 0.15) is 12.4 Å². The number of aryl methyl sites for hydroxylation is 1. The van der Waals surface area contributed by atoms with E-state index in [1.165, 1.54) is 18.2 Å². The lowest BCUT2D eigenvalue weighted by atomic mass is 10.1. The molecule has 0 aromatic heterocycles. The Morgan fingerprint density at radius 2 is 2.19 bits per heavy atom. The quantitative estimate of drug-likeness (QED) is 0.629. The molecule has 7 heteroatoms. The normalized spacial score (nSPS) is 16.3. The fourth-order valence-electron chi connectivity index (χ4n) is 2.83. The second-order valence-corrected chi connectivity index (χ2v) is 6.19. The van der Waals surface area contributed by atoms with Crippen LogP contribution in [-0.2, 0) is 4.74 Å². The summed E-state index contributed by atoms with van der Waals surface area (Å²) in [5, 5.41) is 13.7. The molecule has 0 bridgehead atoms. The Balaban J connectivity index is 1.64. The van der Waals surface area contributed by atoms with Crippen LogP contribution >= 0.6 is 0 Å². The molecule has 7 nitrogen and oxygen atoms in total. The van der Waals surface area contributed by atoms with E-state index in [2.05, 4.69) is 5.32 Å². The minimum atomic E-state index is -0.466. The van der Waals surface area contributed by atoms with Crippen molar-refractivity contribution in [2.45, 2.75) is 25.9 Å². The Hall–Kier alpha value is -2.93. The van der Waals surface area contributed by atoms with Crippen LogP contribution in [-0.4, -0.2) is 30.1 Å². The largest absolute Gasteiger partial charge is 0.491 e. The van der Waals surface area contributed by atoms with Gasteiger partial charge in [-0.2, -0.15) is 0 Å². The van der Waals surface area contributed by atoms with E-state index in [0.717, 1.165) is 19.4 Å². The smallest absolute Gasteiger partial charge is 0.272 e. The summed E-state index contributed by atoms with van der Waals surface area (Å²) in [5.74, 6) is 0.317. The van der Waals surface area contributed by atoms with E-state index in [1.807, 2.05) is 6.07 Å². The molecule has 0 saturated carbocycles. The lowest BCUT2D eigenvalue weighted by Gasteiger charge is -2.12. The number of hydrogen-bond donors (Lipinski definition) is 1. The zero-order chi connectivity index (χ0) is 18.5. The van der Waals surface area contributed by atoms with Gasteiger partial charge in [0.15, 0.2) is 0 Å². The van der Waals surface area contributed by atoms with E-state index in [-0.39, 0.29) is 17.7 Å². The first-order valence-corrected chi connectivity index (χ1v) is 8.44. The first-order chi connectivity index (χ1) is 12.5. The molecule has 1 fully saturated rings. The number of nitro groups is 1. The number of benzene rings is 2. The number of nitro benzene ring substituents is 1. The fraction of sp³-hybridized carbons (Fsp3) is 0.316. The highest BCUT2D eigenvalue weighted by Crippen LogP contribution is 2.22. The van der Waals surface area contributed by atoms with Crippen LogP contribution in [0.5, 0.6) is 5.75 Å². The Morgan fingerprint density at radius 3 is 2.88 bits per heavy atom. The van der Waals surface area contributed by atoms with Crippen molar-refractivity contribution < 1.29 is 19.2 Å². The number of ether oxygens (including phenoxy) is 2. The molecule has 0 aliphatic carbocycles. The van der Waals surface area contributed by atoms with E-state index in [1.54, 1.807) is 25.1 Å². The highest BCUT2D eigenvalue weighted by atomic mass is 16.6. The van der Waals surface area contributed by atoms with Crippen molar-refractivity contribution in [3.05, 3.63) is 63.7 Å². The van der Waals surface area contributed by atoms with Gasteiger partial charge in [-0.05, 0) is 44.0 Å². The highest BCUT2D eigenvalue weighted by Gasteiger charge is 2.16. The summed E-state index contributed by atoms with van der Waals surface area (Å²) in [5.41, 5.74) is 1.39. The molecule has 1 atom stereocenters. The van der Waals surface area contributed by atoms with Gasteiger partial charge in [-0.15, -0.1) is 0 Å². The summed E-state index contributed by atoms with van der Waals surface area (Å²) >= 11 is 0. The fourth-order valence-corrected chi connectivity index (χ4v) is 2.83. The van der Waals surface area contributed by atoms with Crippen molar-refractivity contribution >= 4 is 17.3 Å². The van der Waals surface area contributed by atoms with Crippen LogP contribution in [0.1, 0.15) is 28.8 Å². The van der Waals surface area contributed by atoms with Crippen LogP contribution in [0, 0.1) is 17.0 Å². The lowest BCUT2D eigenvalue weighted by molar-refractivity contribution is -0.385. The Kier molecular flexibility index (Phi) is 5.48. The number of nitrogens with zero attached hydrogens (tertiary/aromatic N) is 1. The number of carbonyl (C=O) groups is 1. The topological polar surface area (TPSA) is 90.7 Å². The summed E-state index contributed by atoms with van der Waals surface area (Å²) in [6.45, 7) is 2.87. The van der Waals surface area contributed by atoms with Crippen LogP contribution < -0.4 is 10.1 Å². The van der Waals surface area contributed by atoms with Crippen molar-refractivity contribution in [3.8, 4) is 5.75 Å². The molecule has 0 spiro atoms. The number of amides is 1. The number of nitrogens with one attached hydrogen (secondary N) is 1. The zero-order valence-electron chi connectivity index (χ0n) is 14.4. The maximum absolute atomic E-state index is 12.4. The van der Waals surface area contributed by atoms with E-state index >= 15 is 0 Å². The maximum atomic E-state index is 12.4. The molecule has 2 aromatic carbocycles. The van der Waals surface area contributed by atoms with Gasteiger partial charge in [-0.1, -0.05) is 6.07 Å². The maximum Gasteiger partial charge on any atom is 0.272 e. The van der Waals surface area contributed by atoms with Gasteiger partial charge in [-0.25, -0.2) is 0 Å². The first kappa shape index (κ1) is 17.9. The highest BCUT2D eigenvalue weighted by molar-refractivity contribution is 6.04. The molecule has 26 heavy (non-hydrogen) atoms. The Morgan fingerprint density at radius 1 is 1.35 bits per heavy atom. The summed E-state index contributed by atoms with van der Waals surface area (Å²) in [6, 6.07) is 11.4. The number of carbonyl (C=O) groups excluding carboxylic acids is 1. The van der Waals surface area contributed by atoms with Crippen LogP contribution in [0.25, 0.3) is 0 Å².